The van der Waals surface area contributed by atoms with E-state index < -0.39 is 14.8 Å². The first-order valence-corrected chi connectivity index (χ1v) is 9.38. The summed E-state index contributed by atoms with van der Waals surface area (Å²) in [7, 11) is -3.55. The first-order valence-electron chi connectivity index (χ1n) is 7.90. The van der Waals surface area contributed by atoms with Crippen molar-refractivity contribution in [1.82, 2.24) is 4.72 Å². The molecule has 0 aromatic carbocycles. The summed E-state index contributed by atoms with van der Waals surface area (Å²) in [5, 5.41) is 9.44. The quantitative estimate of drug-likeness (QED) is 0.558. The highest BCUT2D eigenvalue weighted by atomic mass is 32.2. The Labute approximate surface area is 125 Å². The molecule has 0 saturated carbocycles. The van der Waals surface area contributed by atoms with Gasteiger partial charge in [0.2, 0.25) is 10.0 Å². The summed E-state index contributed by atoms with van der Waals surface area (Å²) in [5.74, 6) is 0. The average molecular weight is 302 g/mol. The molecule has 0 fully saturated rings. The number of hydrogen-bond donors (Lipinski definition) is 1. The van der Waals surface area contributed by atoms with Gasteiger partial charge in [-0.05, 0) is 12.8 Å². The maximum Gasteiger partial charge on any atom is 0.230 e. The van der Waals surface area contributed by atoms with E-state index in [4.69, 9.17) is 0 Å². The molecule has 0 amide bonds. The molecule has 0 aliphatic heterocycles. The van der Waals surface area contributed by atoms with E-state index in [0.717, 1.165) is 19.3 Å². The zero-order valence-corrected chi connectivity index (χ0v) is 14.1. The van der Waals surface area contributed by atoms with Crippen LogP contribution < -0.4 is 4.72 Å². The molecule has 4 nitrogen and oxygen atoms in total. The molecule has 0 saturated heterocycles. The Bertz CT molecular complexity index is 387. The lowest BCUT2D eigenvalue weighted by Crippen LogP contribution is -2.45. The van der Waals surface area contributed by atoms with Gasteiger partial charge in [-0.2, -0.15) is 5.26 Å². The van der Waals surface area contributed by atoms with Crippen LogP contribution in [0.3, 0.4) is 0 Å². The van der Waals surface area contributed by atoms with E-state index in [0.29, 0.717) is 25.8 Å². The highest BCUT2D eigenvalue weighted by molar-refractivity contribution is 7.91. The van der Waals surface area contributed by atoms with Crippen molar-refractivity contribution in [3.63, 3.8) is 0 Å². The van der Waals surface area contributed by atoms with Gasteiger partial charge in [-0.1, -0.05) is 65.7 Å². The second-order valence-corrected chi connectivity index (χ2v) is 7.45. The predicted octanol–water partition coefficient (Wildman–Crippen LogP) is 3.74. The maximum absolute atomic E-state index is 12.3. The van der Waals surface area contributed by atoms with Crippen LogP contribution in [0.1, 0.15) is 78.6 Å². The van der Waals surface area contributed by atoms with Gasteiger partial charge in [0.25, 0.3) is 0 Å². The highest BCUT2D eigenvalue weighted by Crippen LogP contribution is 2.29. The van der Waals surface area contributed by atoms with E-state index in [9.17, 15) is 13.7 Å². The Hall–Kier alpha value is -0.600. The van der Waals surface area contributed by atoms with Crippen molar-refractivity contribution in [2.24, 2.45) is 0 Å². The summed E-state index contributed by atoms with van der Waals surface area (Å²) in [5.41, 5.74) is 0. The molecule has 0 aliphatic carbocycles. The zero-order valence-electron chi connectivity index (χ0n) is 13.2. The summed E-state index contributed by atoms with van der Waals surface area (Å²) in [6.45, 7) is 6.18. The van der Waals surface area contributed by atoms with Crippen molar-refractivity contribution in [1.29, 1.82) is 5.26 Å². The topological polar surface area (TPSA) is 70.0 Å². The molecule has 1 N–H and O–H groups in total. The van der Waals surface area contributed by atoms with Gasteiger partial charge >= 0.3 is 0 Å². The number of rotatable bonds is 12. The van der Waals surface area contributed by atoms with Gasteiger partial charge in [0.1, 0.15) is 0 Å². The van der Waals surface area contributed by atoms with Gasteiger partial charge < -0.3 is 0 Å². The van der Waals surface area contributed by atoms with Crippen molar-refractivity contribution in [2.75, 3.05) is 6.54 Å². The first-order chi connectivity index (χ1) is 9.49. The molecule has 0 rings (SSSR count). The second-order valence-electron chi connectivity index (χ2n) is 5.38. The van der Waals surface area contributed by atoms with Crippen molar-refractivity contribution in [3.05, 3.63) is 0 Å². The number of sulfonamides is 1. The third-order valence-electron chi connectivity index (χ3n) is 3.64. The number of nitriles is 1. The molecular formula is C15H30N2O2S. The maximum atomic E-state index is 12.3. The Morgan fingerprint density at radius 3 is 2.05 bits per heavy atom. The number of hydrogen-bond acceptors (Lipinski definition) is 3. The number of unbranched alkanes of at least 4 members (excludes halogenated alkanes) is 5. The molecule has 0 bridgehead atoms. The van der Waals surface area contributed by atoms with Crippen LogP contribution in [0.2, 0.25) is 0 Å². The summed E-state index contributed by atoms with van der Waals surface area (Å²) in [6, 6.07) is 2.09. The lowest BCUT2D eigenvalue weighted by molar-refractivity contribution is 0.479. The molecule has 5 heteroatoms. The van der Waals surface area contributed by atoms with Crippen LogP contribution in [-0.4, -0.2) is 19.7 Å². The van der Waals surface area contributed by atoms with Crippen LogP contribution in [0.15, 0.2) is 0 Å². The second kappa shape index (κ2) is 10.2. The van der Waals surface area contributed by atoms with E-state index >= 15 is 0 Å². The van der Waals surface area contributed by atoms with Crippen molar-refractivity contribution >= 4 is 10.0 Å². The van der Waals surface area contributed by atoms with Gasteiger partial charge in [0, 0.05) is 6.54 Å². The molecule has 118 valence electrons. The fourth-order valence-corrected chi connectivity index (χ4v) is 4.15. The van der Waals surface area contributed by atoms with E-state index in [1.807, 2.05) is 6.92 Å². The predicted molar refractivity (Wildman–Crippen MR) is 83.8 cm³/mol. The summed E-state index contributed by atoms with van der Waals surface area (Å²) in [6.07, 6.45) is 8.13. The smallest absolute Gasteiger partial charge is 0.214 e. The lowest BCUT2D eigenvalue weighted by atomic mass is 9.96. The molecule has 0 aromatic heterocycles. The SMILES string of the molecule is CCCCCCCCC(C#N)(CCC)S(=O)(=O)NCC. The highest BCUT2D eigenvalue weighted by Gasteiger charge is 2.42. The Morgan fingerprint density at radius 2 is 1.55 bits per heavy atom. The summed E-state index contributed by atoms with van der Waals surface area (Å²) >= 11 is 0. The summed E-state index contributed by atoms with van der Waals surface area (Å²) < 4.78 is 25.9. The van der Waals surface area contributed by atoms with Gasteiger partial charge in [-0.15, -0.1) is 0 Å². The fraction of sp³-hybridized carbons (Fsp3) is 0.933. The molecular weight excluding hydrogens is 272 g/mol. The van der Waals surface area contributed by atoms with Crippen LogP contribution in [0, 0.1) is 11.3 Å². The van der Waals surface area contributed by atoms with Crippen LogP contribution in [0.5, 0.6) is 0 Å². The molecule has 0 radical (unpaired) electrons. The zero-order chi connectivity index (χ0) is 15.5. The normalized spacial score (nSPS) is 14.7. The molecule has 0 aliphatic rings. The molecule has 0 heterocycles. The van der Waals surface area contributed by atoms with Gasteiger partial charge in [-0.3, -0.25) is 0 Å². The van der Waals surface area contributed by atoms with E-state index in [-0.39, 0.29) is 0 Å². The Balaban J connectivity index is 4.61. The number of nitrogens with one attached hydrogen (secondary N) is 1. The van der Waals surface area contributed by atoms with Gasteiger partial charge in [-0.25, -0.2) is 13.1 Å². The van der Waals surface area contributed by atoms with E-state index in [2.05, 4.69) is 17.7 Å². The fourth-order valence-electron chi connectivity index (χ4n) is 2.49. The Morgan fingerprint density at radius 1 is 0.950 bits per heavy atom. The van der Waals surface area contributed by atoms with Gasteiger partial charge in [0.15, 0.2) is 4.75 Å². The molecule has 0 aromatic rings. The van der Waals surface area contributed by atoms with E-state index in [1.165, 1.54) is 19.3 Å². The van der Waals surface area contributed by atoms with Crippen LogP contribution in [-0.2, 0) is 10.0 Å². The van der Waals surface area contributed by atoms with Crippen LogP contribution in [0.4, 0.5) is 0 Å². The lowest BCUT2D eigenvalue weighted by Gasteiger charge is -2.26. The molecule has 1 atom stereocenters. The monoisotopic (exact) mass is 302 g/mol. The third kappa shape index (κ3) is 5.80. The van der Waals surface area contributed by atoms with E-state index in [1.54, 1.807) is 6.92 Å². The standard InChI is InChI=1S/C15H30N2O2S/c1-4-7-8-9-10-11-13-15(14-16,12-5-2)20(18,19)17-6-3/h17H,4-13H2,1-3H3. The molecule has 0 spiro atoms. The third-order valence-corrected chi connectivity index (χ3v) is 5.84. The van der Waals surface area contributed by atoms with Crippen molar-refractivity contribution < 1.29 is 8.42 Å². The van der Waals surface area contributed by atoms with Crippen LogP contribution in [0.25, 0.3) is 0 Å². The Kier molecular flexibility index (Phi) is 9.87. The number of nitrogens with zero attached hydrogens (tertiary/aromatic N) is 1. The van der Waals surface area contributed by atoms with Crippen molar-refractivity contribution in [3.8, 4) is 6.07 Å². The van der Waals surface area contributed by atoms with Crippen LogP contribution >= 0.6 is 0 Å². The minimum Gasteiger partial charge on any atom is -0.214 e. The summed E-state index contributed by atoms with van der Waals surface area (Å²) in [4.78, 5) is 0. The first kappa shape index (κ1) is 19.4. The minimum atomic E-state index is -3.55. The minimum absolute atomic E-state index is 0.339. The van der Waals surface area contributed by atoms with Crippen molar-refractivity contribution in [2.45, 2.75) is 83.3 Å². The van der Waals surface area contributed by atoms with Gasteiger partial charge in [0.05, 0.1) is 6.07 Å². The largest absolute Gasteiger partial charge is 0.230 e. The molecule has 1 unspecified atom stereocenters. The average Bonchev–Trinajstić information content (AvgIpc) is 2.41. The molecule has 20 heavy (non-hydrogen) atoms.